The Morgan fingerprint density at radius 3 is 2.59 bits per heavy atom. The lowest BCUT2D eigenvalue weighted by atomic mass is 9.98. The molecule has 1 aliphatic rings. The quantitative estimate of drug-likeness (QED) is 0.866. The molecule has 0 radical (unpaired) electrons. The highest BCUT2D eigenvalue weighted by Gasteiger charge is 2.17. The maximum absolute atomic E-state index is 10.2. The highest BCUT2D eigenvalue weighted by molar-refractivity contribution is 5.29. The average molecular weight is 234 g/mol. The molecule has 1 aromatic carbocycles. The van der Waals surface area contributed by atoms with Gasteiger partial charge < -0.3 is 9.84 Å². The zero-order valence-corrected chi connectivity index (χ0v) is 10.8. The summed E-state index contributed by atoms with van der Waals surface area (Å²) in [6.45, 7) is 5.04. The Morgan fingerprint density at radius 2 is 2.00 bits per heavy atom. The van der Waals surface area contributed by atoms with Crippen LogP contribution in [-0.2, 0) is 4.74 Å². The van der Waals surface area contributed by atoms with E-state index in [9.17, 15) is 5.11 Å². The van der Waals surface area contributed by atoms with Crippen molar-refractivity contribution in [3.05, 3.63) is 34.9 Å². The molecule has 2 unspecified atom stereocenters. The highest BCUT2D eigenvalue weighted by atomic mass is 16.5. The van der Waals surface area contributed by atoms with Crippen LogP contribution in [0.1, 0.15) is 48.5 Å². The van der Waals surface area contributed by atoms with Crippen LogP contribution in [0.5, 0.6) is 0 Å². The Bertz CT molecular complexity index is 347. The summed E-state index contributed by atoms with van der Waals surface area (Å²) in [5.41, 5.74) is 3.48. The van der Waals surface area contributed by atoms with Gasteiger partial charge in [0.05, 0.1) is 12.2 Å². The van der Waals surface area contributed by atoms with Crippen molar-refractivity contribution >= 4 is 0 Å². The molecule has 0 amide bonds. The number of benzene rings is 1. The molecule has 94 valence electrons. The van der Waals surface area contributed by atoms with Crippen LogP contribution in [0.25, 0.3) is 0 Å². The highest BCUT2D eigenvalue weighted by Crippen LogP contribution is 2.25. The summed E-state index contributed by atoms with van der Waals surface area (Å²) in [7, 11) is 0. The standard InChI is InChI=1S/C15H22O2/c1-11-8-12(2)10-13(9-11)15(16)6-5-14-4-3-7-17-14/h8-10,14-16H,3-7H2,1-2H3. The third-order valence-electron chi connectivity index (χ3n) is 3.41. The van der Waals surface area contributed by atoms with Crippen molar-refractivity contribution in [2.24, 2.45) is 0 Å². The number of hydrogen-bond acceptors (Lipinski definition) is 2. The fraction of sp³-hybridized carbons (Fsp3) is 0.600. The third kappa shape index (κ3) is 3.55. The number of hydrogen-bond donors (Lipinski definition) is 1. The summed E-state index contributed by atoms with van der Waals surface area (Å²) < 4.78 is 5.58. The van der Waals surface area contributed by atoms with Crippen LogP contribution >= 0.6 is 0 Å². The van der Waals surface area contributed by atoms with Crippen LogP contribution in [0.3, 0.4) is 0 Å². The van der Waals surface area contributed by atoms with Crippen molar-refractivity contribution in [2.45, 2.75) is 51.7 Å². The molecule has 2 heteroatoms. The lowest BCUT2D eigenvalue weighted by molar-refractivity contribution is 0.0812. The molecule has 1 fully saturated rings. The SMILES string of the molecule is Cc1cc(C)cc(C(O)CCC2CCCO2)c1. The molecule has 2 atom stereocenters. The van der Waals surface area contributed by atoms with Gasteiger partial charge in [-0.1, -0.05) is 29.3 Å². The number of aliphatic hydroxyl groups excluding tert-OH is 1. The molecule has 0 spiro atoms. The molecule has 1 aromatic rings. The molecule has 0 bridgehead atoms. The molecular formula is C15H22O2. The molecule has 0 saturated carbocycles. The third-order valence-corrected chi connectivity index (χ3v) is 3.41. The van der Waals surface area contributed by atoms with Crippen molar-refractivity contribution in [3.8, 4) is 0 Å². The zero-order chi connectivity index (χ0) is 12.3. The molecular weight excluding hydrogens is 212 g/mol. The topological polar surface area (TPSA) is 29.5 Å². The van der Waals surface area contributed by atoms with Gasteiger partial charge in [0.15, 0.2) is 0 Å². The zero-order valence-electron chi connectivity index (χ0n) is 10.8. The summed E-state index contributed by atoms with van der Waals surface area (Å²) in [5, 5.41) is 10.2. The second-order valence-electron chi connectivity index (χ2n) is 5.15. The average Bonchev–Trinajstić information content (AvgIpc) is 2.77. The molecule has 17 heavy (non-hydrogen) atoms. The van der Waals surface area contributed by atoms with Crippen molar-refractivity contribution in [1.29, 1.82) is 0 Å². The Morgan fingerprint density at radius 1 is 1.29 bits per heavy atom. The van der Waals surface area contributed by atoms with Gasteiger partial charge in [-0.3, -0.25) is 0 Å². The molecule has 1 heterocycles. The molecule has 0 aliphatic carbocycles. The second kappa shape index (κ2) is 5.65. The van der Waals surface area contributed by atoms with E-state index in [1.54, 1.807) is 0 Å². The van der Waals surface area contributed by atoms with Gasteiger partial charge in [0.1, 0.15) is 0 Å². The Hall–Kier alpha value is -0.860. The summed E-state index contributed by atoms with van der Waals surface area (Å²) >= 11 is 0. The number of ether oxygens (including phenoxy) is 1. The van der Waals surface area contributed by atoms with Gasteiger partial charge in [0, 0.05) is 6.61 Å². The fourth-order valence-electron chi connectivity index (χ4n) is 2.58. The summed E-state index contributed by atoms with van der Waals surface area (Å²) in [6.07, 6.45) is 4.11. The van der Waals surface area contributed by atoms with Crippen molar-refractivity contribution in [1.82, 2.24) is 0 Å². The number of aryl methyl sites for hydroxylation is 2. The lowest BCUT2D eigenvalue weighted by Gasteiger charge is -2.15. The lowest BCUT2D eigenvalue weighted by Crippen LogP contribution is -2.08. The van der Waals surface area contributed by atoms with E-state index in [1.807, 2.05) is 0 Å². The molecule has 2 nitrogen and oxygen atoms in total. The smallest absolute Gasteiger partial charge is 0.0791 e. The fourth-order valence-corrected chi connectivity index (χ4v) is 2.58. The predicted molar refractivity (Wildman–Crippen MR) is 69.1 cm³/mol. The van der Waals surface area contributed by atoms with E-state index < -0.39 is 0 Å². The van der Waals surface area contributed by atoms with Gasteiger partial charge >= 0.3 is 0 Å². The van der Waals surface area contributed by atoms with Crippen molar-refractivity contribution in [2.75, 3.05) is 6.61 Å². The minimum absolute atomic E-state index is 0.349. The minimum Gasteiger partial charge on any atom is -0.388 e. The predicted octanol–water partition coefficient (Wildman–Crippen LogP) is 3.30. The molecule has 1 N–H and O–H groups in total. The largest absolute Gasteiger partial charge is 0.388 e. The van der Waals surface area contributed by atoms with E-state index >= 15 is 0 Å². The molecule has 2 rings (SSSR count). The van der Waals surface area contributed by atoms with Gasteiger partial charge in [0.2, 0.25) is 0 Å². The molecule has 1 aliphatic heterocycles. The Kier molecular flexibility index (Phi) is 4.19. The first-order chi connectivity index (χ1) is 8.15. The minimum atomic E-state index is -0.349. The molecule has 0 aromatic heterocycles. The van der Waals surface area contributed by atoms with Crippen LogP contribution in [0.4, 0.5) is 0 Å². The van der Waals surface area contributed by atoms with E-state index in [2.05, 4.69) is 32.0 Å². The second-order valence-corrected chi connectivity index (χ2v) is 5.15. The Balaban J connectivity index is 1.91. The summed E-state index contributed by atoms with van der Waals surface area (Å²) in [4.78, 5) is 0. The maximum Gasteiger partial charge on any atom is 0.0791 e. The molecule has 1 saturated heterocycles. The van der Waals surface area contributed by atoms with Gasteiger partial charge in [-0.2, -0.15) is 0 Å². The summed E-state index contributed by atoms with van der Waals surface area (Å²) in [6, 6.07) is 6.29. The van der Waals surface area contributed by atoms with E-state index in [-0.39, 0.29) is 6.10 Å². The van der Waals surface area contributed by atoms with Crippen molar-refractivity contribution < 1.29 is 9.84 Å². The first-order valence-electron chi connectivity index (χ1n) is 6.53. The van der Waals surface area contributed by atoms with Crippen LogP contribution < -0.4 is 0 Å². The summed E-state index contributed by atoms with van der Waals surface area (Å²) in [5.74, 6) is 0. The van der Waals surface area contributed by atoms with E-state index in [4.69, 9.17) is 4.74 Å². The monoisotopic (exact) mass is 234 g/mol. The van der Waals surface area contributed by atoms with E-state index in [0.29, 0.717) is 6.10 Å². The van der Waals surface area contributed by atoms with E-state index in [1.165, 1.54) is 17.5 Å². The van der Waals surface area contributed by atoms with Crippen LogP contribution in [0, 0.1) is 13.8 Å². The first-order valence-corrected chi connectivity index (χ1v) is 6.53. The van der Waals surface area contributed by atoms with Crippen LogP contribution in [-0.4, -0.2) is 17.8 Å². The first kappa shape index (κ1) is 12.6. The Labute approximate surface area is 104 Å². The van der Waals surface area contributed by atoms with Gasteiger partial charge in [-0.05, 0) is 45.1 Å². The van der Waals surface area contributed by atoms with Crippen LogP contribution in [0.15, 0.2) is 18.2 Å². The maximum atomic E-state index is 10.2. The normalized spacial score (nSPS) is 21.7. The van der Waals surface area contributed by atoms with E-state index in [0.717, 1.165) is 31.4 Å². The van der Waals surface area contributed by atoms with Gasteiger partial charge in [-0.25, -0.2) is 0 Å². The van der Waals surface area contributed by atoms with Gasteiger partial charge in [-0.15, -0.1) is 0 Å². The number of rotatable bonds is 4. The van der Waals surface area contributed by atoms with Crippen LogP contribution in [0.2, 0.25) is 0 Å². The van der Waals surface area contributed by atoms with Crippen molar-refractivity contribution in [3.63, 3.8) is 0 Å². The number of aliphatic hydroxyl groups is 1. The van der Waals surface area contributed by atoms with Gasteiger partial charge in [0.25, 0.3) is 0 Å².